The monoisotopic (exact) mass is 225 g/mol. The fourth-order valence-electron chi connectivity index (χ4n) is 1.27. The van der Waals surface area contributed by atoms with Crippen molar-refractivity contribution in [2.24, 2.45) is 0 Å². The third kappa shape index (κ3) is 2.04. The molecule has 5 nitrogen and oxygen atoms in total. The Hall–Kier alpha value is -1.69. The molecular weight excluding hydrogens is 218 g/mol. The Morgan fingerprint density at radius 3 is 2.53 bits per heavy atom. The zero-order valence-electron chi connectivity index (χ0n) is 7.63. The van der Waals surface area contributed by atoms with Crippen LogP contribution in [0, 0.1) is 0 Å². The summed E-state index contributed by atoms with van der Waals surface area (Å²) in [4.78, 5) is 34.7. The number of carbonyl (C=O) groups excluding carboxylic acids is 3. The Labute approximate surface area is 89.2 Å². The molecule has 0 atom stereocenters. The molecule has 0 aliphatic carbocycles. The Morgan fingerprint density at radius 2 is 2.00 bits per heavy atom. The van der Waals surface area contributed by atoms with Crippen LogP contribution in [0.15, 0.2) is 16.8 Å². The van der Waals surface area contributed by atoms with Crippen LogP contribution < -0.4 is 0 Å². The van der Waals surface area contributed by atoms with Crippen LogP contribution in [0.4, 0.5) is 0 Å². The van der Waals surface area contributed by atoms with Gasteiger partial charge < -0.3 is 9.64 Å². The number of thiophene rings is 1. The van der Waals surface area contributed by atoms with Gasteiger partial charge in [-0.1, -0.05) is 0 Å². The maximum absolute atomic E-state index is 11.7. The molecule has 1 fully saturated rings. The summed E-state index contributed by atoms with van der Waals surface area (Å²) in [6.07, 6.45) is 0. The number of nitrogens with zero attached hydrogens (tertiary/aromatic N) is 1. The zero-order valence-corrected chi connectivity index (χ0v) is 8.45. The molecule has 1 amide bonds. The lowest BCUT2D eigenvalue weighted by Crippen LogP contribution is -2.45. The van der Waals surface area contributed by atoms with E-state index in [-0.39, 0.29) is 19.0 Å². The maximum Gasteiger partial charge on any atom is 0.333 e. The number of esters is 2. The molecule has 0 spiro atoms. The van der Waals surface area contributed by atoms with E-state index < -0.39 is 11.9 Å². The number of amides is 1. The third-order valence-corrected chi connectivity index (χ3v) is 2.61. The predicted octanol–water partition coefficient (Wildman–Crippen LogP) is 0.274. The average molecular weight is 225 g/mol. The van der Waals surface area contributed by atoms with Crippen molar-refractivity contribution in [2.45, 2.75) is 0 Å². The lowest BCUT2D eigenvalue weighted by Gasteiger charge is -2.23. The summed E-state index contributed by atoms with van der Waals surface area (Å²) in [6, 6.07) is 1.65. The first kappa shape index (κ1) is 9.85. The van der Waals surface area contributed by atoms with Gasteiger partial charge in [0.1, 0.15) is 13.1 Å². The largest absolute Gasteiger partial charge is 0.390 e. The first-order valence-electron chi connectivity index (χ1n) is 4.22. The summed E-state index contributed by atoms with van der Waals surface area (Å²) < 4.78 is 4.31. The fraction of sp³-hybridized carbons (Fsp3) is 0.222. The van der Waals surface area contributed by atoms with E-state index >= 15 is 0 Å². The summed E-state index contributed by atoms with van der Waals surface area (Å²) >= 11 is 1.38. The number of hydrogen-bond donors (Lipinski definition) is 0. The van der Waals surface area contributed by atoms with Gasteiger partial charge in [0.2, 0.25) is 0 Å². The molecule has 2 heterocycles. The van der Waals surface area contributed by atoms with E-state index in [4.69, 9.17) is 0 Å². The van der Waals surface area contributed by atoms with Gasteiger partial charge in [0, 0.05) is 5.38 Å². The number of hydrogen-bond acceptors (Lipinski definition) is 5. The standard InChI is InChI=1S/C9H7NO4S/c11-7-3-10(4-8(12)14-7)9(13)6-1-2-15-5-6/h1-2,5H,3-4H2. The minimum absolute atomic E-state index is 0.166. The van der Waals surface area contributed by atoms with Crippen molar-refractivity contribution in [1.29, 1.82) is 0 Å². The minimum Gasteiger partial charge on any atom is -0.390 e. The Bertz CT molecular complexity index is 396. The topological polar surface area (TPSA) is 63.7 Å². The molecular formula is C9H7NO4S. The van der Waals surface area contributed by atoms with Crippen LogP contribution in [-0.4, -0.2) is 35.8 Å². The summed E-state index contributed by atoms with van der Waals surface area (Å²) in [5, 5.41) is 3.43. The molecule has 6 heteroatoms. The zero-order chi connectivity index (χ0) is 10.8. The van der Waals surface area contributed by atoms with Gasteiger partial charge in [-0.25, -0.2) is 9.59 Å². The van der Waals surface area contributed by atoms with Crippen molar-refractivity contribution in [2.75, 3.05) is 13.1 Å². The number of ether oxygens (including phenoxy) is 1. The maximum atomic E-state index is 11.7. The smallest absolute Gasteiger partial charge is 0.333 e. The fourth-order valence-corrected chi connectivity index (χ4v) is 1.90. The van der Waals surface area contributed by atoms with Gasteiger partial charge in [0.25, 0.3) is 5.91 Å². The quantitative estimate of drug-likeness (QED) is 0.508. The first-order valence-corrected chi connectivity index (χ1v) is 5.16. The van der Waals surface area contributed by atoms with Gasteiger partial charge in [-0.05, 0) is 11.4 Å². The lowest BCUT2D eigenvalue weighted by atomic mass is 10.3. The van der Waals surface area contributed by atoms with Crippen LogP contribution in [-0.2, 0) is 14.3 Å². The van der Waals surface area contributed by atoms with E-state index in [1.165, 1.54) is 16.2 Å². The molecule has 1 saturated heterocycles. The molecule has 0 saturated carbocycles. The number of carbonyl (C=O) groups is 3. The number of morpholine rings is 1. The molecule has 1 aliphatic rings. The second-order valence-electron chi connectivity index (χ2n) is 3.02. The van der Waals surface area contributed by atoms with Crippen LogP contribution in [0.25, 0.3) is 0 Å². The van der Waals surface area contributed by atoms with Gasteiger partial charge in [-0.3, -0.25) is 4.79 Å². The molecule has 1 aromatic heterocycles. The molecule has 2 rings (SSSR count). The van der Waals surface area contributed by atoms with Crippen LogP contribution in [0.5, 0.6) is 0 Å². The van der Waals surface area contributed by atoms with Crippen molar-refractivity contribution in [3.05, 3.63) is 22.4 Å². The first-order chi connectivity index (χ1) is 7.16. The minimum atomic E-state index is -0.685. The van der Waals surface area contributed by atoms with Crippen LogP contribution in [0.3, 0.4) is 0 Å². The summed E-state index contributed by atoms with van der Waals surface area (Å²) in [5.41, 5.74) is 0.488. The third-order valence-electron chi connectivity index (χ3n) is 1.92. The molecule has 15 heavy (non-hydrogen) atoms. The van der Waals surface area contributed by atoms with Crippen molar-refractivity contribution in [1.82, 2.24) is 4.90 Å². The average Bonchev–Trinajstić information content (AvgIpc) is 2.67. The van der Waals surface area contributed by atoms with Gasteiger partial charge in [0.05, 0.1) is 5.56 Å². The summed E-state index contributed by atoms with van der Waals surface area (Å²) in [6.45, 7) is -0.333. The van der Waals surface area contributed by atoms with Gasteiger partial charge in [-0.2, -0.15) is 11.3 Å². The van der Waals surface area contributed by atoms with E-state index in [9.17, 15) is 14.4 Å². The SMILES string of the molecule is O=C1CN(C(=O)c2ccsc2)CC(=O)O1. The second-order valence-corrected chi connectivity index (χ2v) is 3.80. The Balaban J connectivity index is 2.14. The highest BCUT2D eigenvalue weighted by Crippen LogP contribution is 2.11. The lowest BCUT2D eigenvalue weighted by molar-refractivity contribution is -0.165. The molecule has 0 N–H and O–H groups in total. The van der Waals surface area contributed by atoms with Crippen molar-refractivity contribution < 1.29 is 19.1 Å². The molecule has 1 aliphatic heterocycles. The van der Waals surface area contributed by atoms with Crippen LogP contribution >= 0.6 is 11.3 Å². The molecule has 0 radical (unpaired) electrons. The van der Waals surface area contributed by atoms with Gasteiger partial charge in [0.15, 0.2) is 0 Å². The van der Waals surface area contributed by atoms with E-state index in [0.29, 0.717) is 5.56 Å². The number of rotatable bonds is 1. The highest BCUT2D eigenvalue weighted by molar-refractivity contribution is 7.08. The van der Waals surface area contributed by atoms with E-state index in [2.05, 4.69) is 4.74 Å². The van der Waals surface area contributed by atoms with Gasteiger partial charge in [-0.15, -0.1) is 0 Å². The molecule has 78 valence electrons. The molecule has 0 aromatic carbocycles. The summed E-state index contributed by atoms with van der Waals surface area (Å²) in [7, 11) is 0. The van der Waals surface area contributed by atoms with Crippen LogP contribution in [0.2, 0.25) is 0 Å². The molecule has 1 aromatic rings. The normalized spacial score (nSPS) is 16.4. The Morgan fingerprint density at radius 1 is 1.33 bits per heavy atom. The van der Waals surface area contributed by atoms with E-state index in [1.54, 1.807) is 16.8 Å². The van der Waals surface area contributed by atoms with Crippen molar-refractivity contribution >= 4 is 29.2 Å². The second kappa shape index (κ2) is 3.82. The Kier molecular flexibility index (Phi) is 2.51. The van der Waals surface area contributed by atoms with Crippen molar-refractivity contribution in [3.8, 4) is 0 Å². The van der Waals surface area contributed by atoms with E-state index in [0.717, 1.165) is 0 Å². The molecule has 0 bridgehead atoms. The summed E-state index contributed by atoms with van der Waals surface area (Å²) in [5.74, 6) is -1.69. The van der Waals surface area contributed by atoms with Crippen LogP contribution in [0.1, 0.15) is 10.4 Å². The van der Waals surface area contributed by atoms with Gasteiger partial charge >= 0.3 is 11.9 Å². The number of cyclic esters (lactones) is 2. The van der Waals surface area contributed by atoms with Crippen molar-refractivity contribution in [3.63, 3.8) is 0 Å². The predicted molar refractivity (Wildman–Crippen MR) is 51.3 cm³/mol. The molecule has 0 unspecified atom stereocenters. The highest BCUT2D eigenvalue weighted by atomic mass is 32.1. The highest BCUT2D eigenvalue weighted by Gasteiger charge is 2.28. The van der Waals surface area contributed by atoms with E-state index in [1.807, 2.05) is 0 Å².